The van der Waals surface area contributed by atoms with Crippen LogP contribution in [0.5, 0.6) is 0 Å². The SMILES string of the molecule is C[C@@]12CCC[C@H]1[C@@H]1CCC3=CC(=O)C(O[Si](C)(C)CCl)CC3=C1CC2. The van der Waals surface area contributed by atoms with Crippen molar-refractivity contribution in [2.24, 2.45) is 17.3 Å². The van der Waals surface area contributed by atoms with Gasteiger partial charge in [0, 0.05) is 11.9 Å². The summed E-state index contributed by atoms with van der Waals surface area (Å²) in [4.78, 5) is 12.6. The zero-order valence-corrected chi connectivity index (χ0v) is 17.6. The third-order valence-electron chi connectivity index (χ3n) is 7.36. The van der Waals surface area contributed by atoms with Gasteiger partial charge in [0.15, 0.2) is 5.78 Å². The monoisotopic (exact) mass is 378 g/mol. The van der Waals surface area contributed by atoms with E-state index in [1.54, 1.807) is 5.57 Å². The topological polar surface area (TPSA) is 26.3 Å². The highest BCUT2D eigenvalue weighted by Gasteiger charge is 2.49. The molecule has 4 aliphatic carbocycles. The summed E-state index contributed by atoms with van der Waals surface area (Å²) in [6.45, 7) is 6.75. The van der Waals surface area contributed by atoms with Gasteiger partial charge in [-0.2, -0.15) is 0 Å². The van der Waals surface area contributed by atoms with Gasteiger partial charge in [0.25, 0.3) is 0 Å². The molecular weight excluding hydrogens is 348 g/mol. The summed E-state index contributed by atoms with van der Waals surface area (Å²) in [5.74, 6) is 1.81. The summed E-state index contributed by atoms with van der Waals surface area (Å²) in [6.07, 6.45) is 11.6. The molecule has 2 fully saturated rings. The molecule has 138 valence electrons. The maximum Gasteiger partial charge on any atom is 0.202 e. The molecule has 0 bridgehead atoms. The van der Waals surface area contributed by atoms with E-state index < -0.39 is 8.32 Å². The average molecular weight is 379 g/mol. The van der Waals surface area contributed by atoms with Crippen molar-refractivity contribution in [3.63, 3.8) is 0 Å². The first-order valence-electron chi connectivity index (χ1n) is 10.0. The second-order valence-corrected chi connectivity index (χ2v) is 14.4. The van der Waals surface area contributed by atoms with Crippen molar-refractivity contribution < 1.29 is 9.22 Å². The highest BCUT2D eigenvalue weighted by Crippen LogP contribution is 2.59. The molecule has 0 aromatic rings. The van der Waals surface area contributed by atoms with Crippen LogP contribution in [0, 0.1) is 17.3 Å². The van der Waals surface area contributed by atoms with Gasteiger partial charge in [-0.3, -0.25) is 4.79 Å². The fraction of sp³-hybridized carbons (Fsp3) is 0.762. The molecule has 2 saturated carbocycles. The molecule has 0 aromatic carbocycles. The highest BCUT2D eigenvalue weighted by molar-refractivity contribution is 6.77. The maximum atomic E-state index is 12.6. The molecule has 0 saturated heterocycles. The normalized spacial score (nSPS) is 38.2. The van der Waals surface area contributed by atoms with Crippen LogP contribution in [0.1, 0.15) is 58.3 Å². The minimum Gasteiger partial charge on any atom is -0.406 e. The van der Waals surface area contributed by atoms with Crippen molar-refractivity contribution in [3.8, 4) is 0 Å². The molecule has 0 heterocycles. The van der Waals surface area contributed by atoms with Gasteiger partial charge in [0.2, 0.25) is 8.32 Å². The summed E-state index contributed by atoms with van der Waals surface area (Å²) >= 11 is 6.08. The molecule has 4 aliphatic rings. The summed E-state index contributed by atoms with van der Waals surface area (Å²) in [6, 6.07) is 0. The van der Waals surface area contributed by atoms with Crippen molar-refractivity contribution in [3.05, 3.63) is 22.8 Å². The van der Waals surface area contributed by atoms with Crippen LogP contribution in [-0.2, 0) is 9.22 Å². The van der Waals surface area contributed by atoms with Gasteiger partial charge < -0.3 is 4.43 Å². The summed E-state index contributed by atoms with van der Waals surface area (Å²) in [5.41, 5.74) is 5.62. The molecule has 4 rings (SSSR count). The van der Waals surface area contributed by atoms with Gasteiger partial charge in [-0.05, 0) is 86.1 Å². The third-order valence-corrected chi connectivity index (χ3v) is 10.9. The molecule has 0 aromatic heterocycles. The number of hydrogen-bond acceptors (Lipinski definition) is 2. The quantitative estimate of drug-likeness (QED) is 0.474. The van der Waals surface area contributed by atoms with Crippen LogP contribution in [0.15, 0.2) is 22.8 Å². The Bertz CT molecular complexity index is 650. The van der Waals surface area contributed by atoms with E-state index in [2.05, 4.69) is 20.0 Å². The number of allylic oxidation sites excluding steroid dienone is 2. The van der Waals surface area contributed by atoms with Gasteiger partial charge in [-0.1, -0.05) is 18.9 Å². The number of carbonyl (C=O) groups is 1. The first-order valence-corrected chi connectivity index (χ1v) is 13.7. The van der Waals surface area contributed by atoms with Crippen LogP contribution in [0.3, 0.4) is 0 Å². The van der Waals surface area contributed by atoms with E-state index in [-0.39, 0.29) is 11.9 Å². The van der Waals surface area contributed by atoms with Gasteiger partial charge in [-0.25, -0.2) is 0 Å². The second-order valence-electron chi connectivity index (χ2n) is 9.58. The number of hydrogen-bond donors (Lipinski definition) is 0. The molecule has 0 amide bonds. The van der Waals surface area contributed by atoms with Crippen LogP contribution in [0.25, 0.3) is 0 Å². The minimum absolute atomic E-state index is 0.171. The van der Waals surface area contributed by atoms with Gasteiger partial charge >= 0.3 is 0 Å². The predicted molar refractivity (Wildman–Crippen MR) is 105 cm³/mol. The number of fused-ring (bicyclic) bond motifs is 4. The number of halogens is 1. The van der Waals surface area contributed by atoms with Gasteiger partial charge in [0.1, 0.15) is 6.10 Å². The summed E-state index contributed by atoms with van der Waals surface area (Å²) < 4.78 is 6.25. The lowest BCUT2D eigenvalue weighted by atomic mass is 9.58. The van der Waals surface area contributed by atoms with Crippen LogP contribution >= 0.6 is 11.6 Å². The fourth-order valence-corrected chi connectivity index (χ4v) is 7.23. The molecule has 0 radical (unpaired) electrons. The van der Waals surface area contributed by atoms with Gasteiger partial charge in [-0.15, -0.1) is 11.6 Å². The Morgan fingerprint density at radius 2 is 2.08 bits per heavy atom. The summed E-state index contributed by atoms with van der Waals surface area (Å²) in [7, 11) is -1.95. The molecule has 25 heavy (non-hydrogen) atoms. The first kappa shape index (κ1) is 18.0. The summed E-state index contributed by atoms with van der Waals surface area (Å²) in [5, 5.41) is 0. The smallest absolute Gasteiger partial charge is 0.202 e. The lowest BCUT2D eigenvalue weighted by Crippen LogP contribution is -2.43. The van der Waals surface area contributed by atoms with E-state index in [0.717, 1.165) is 24.7 Å². The van der Waals surface area contributed by atoms with Crippen molar-refractivity contribution >= 4 is 25.7 Å². The predicted octanol–water partition coefficient (Wildman–Crippen LogP) is 5.56. The number of rotatable bonds is 3. The average Bonchev–Trinajstić information content (AvgIpc) is 2.97. The Balaban J connectivity index is 1.64. The van der Waals surface area contributed by atoms with Crippen LogP contribution in [-0.4, -0.2) is 25.7 Å². The first-order chi connectivity index (χ1) is 11.8. The molecule has 0 N–H and O–H groups in total. The highest BCUT2D eigenvalue weighted by atomic mass is 35.5. The van der Waals surface area contributed by atoms with E-state index in [1.807, 2.05) is 6.08 Å². The molecule has 4 heteroatoms. The molecule has 1 unspecified atom stereocenters. The third kappa shape index (κ3) is 3.11. The number of carbonyl (C=O) groups excluding carboxylic acids is 1. The van der Waals surface area contributed by atoms with E-state index >= 15 is 0 Å². The Labute approximate surface area is 158 Å². The lowest BCUT2D eigenvalue weighted by molar-refractivity contribution is -0.121. The molecule has 2 nitrogen and oxygen atoms in total. The van der Waals surface area contributed by atoms with Crippen LogP contribution in [0.2, 0.25) is 13.1 Å². The number of alkyl halides is 1. The Morgan fingerprint density at radius 3 is 2.84 bits per heavy atom. The molecule has 4 atom stereocenters. The van der Waals surface area contributed by atoms with E-state index in [1.165, 1.54) is 49.7 Å². The van der Waals surface area contributed by atoms with Crippen molar-refractivity contribution in [2.75, 3.05) is 5.50 Å². The molecule has 0 spiro atoms. The van der Waals surface area contributed by atoms with E-state index in [4.69, 9.17) is 16.0 Å². The molecular formula is C21H31ClO2Si. The standard InChI is InChI=1S/C21H31ClO2Si/c1-21-9-4-5-18(21)16-7-6-14-11-19(23)20(24-25(2,3)13-22)12-17(14)15(16)8-10-21/h11,16,18,20H,4-10,12-13H2,1-3H3/t16-,18+,20?,21+/m1/s1. The van der Waals surface area contributed by atoms with E-state index in [0.29, 0.717) is 10.9 Å². The lowest BCUT2D eigenvalue weighted by Gasteiger charge is -2.47. The van der Waals surface area contributed by atoms with Crippen LogP contribution < -0.4 is 0 Å². The fourth-order valence-electron chi connectivity index (χ4n) is 6.01. The second kappa shape index (κ2) is 6.35. The Hall–Kier alpha value is -0.383. The zero-order chi connectivity index (χ0) is 17.8. The zero-order valence-electron chi connectivity index (χ0n) is 15.9. The molecule has 0 aliphatic heterocycles. The Kier molecular flexibility index (Phi) is 4.57. The van der Waals surface area contributed by atoms with Crippen molar-refractivity contribution in [2.45, 2.75) is 77.5 Å². The number of ketones is 1. The Morgan fingerprint density at radius 1 is 1.28 bits per heavy atom. The van der Waals surface area contributed by atoms with Crippen LogP contribution in [0.4, 0.5) is 0 Å². The maximum absolute atomic E-state index is 12.6. The largest absolute Gasteiger partial charge is 0.406 e. The van der Waals surface area contributed by atoms with E-state index in [9.17, 15) is 4.79 Å². The van der Waals surface area contributed by atoms with Gasteiger partial charge in [0.05, 0.1) is 0 Å². The van der Waals surface area contributed by atoms with Crippen molar-refractivity contribution in [1.29, 1.82) is 0 Å². The van der Waals surface area contributed by atoms with Crippen molar-refractivity contribution in [1.82, 2.24) is 0 Å². The minimum atomic E-state index is -1.95.